The van der Waals surface area contributed by atoms with E-state index in [0.717, 1.165) is 11.1 Å². The normalized spacial score (nSPS) is 15.4. The summed E-state index contributed by atoms with van der Waals surface area (Å²) in [5.74, 6) is -3.01. The van der Waals surface area contributed by atoms with Gasteiger partial charge in [0.15, 0.2) is 18.9 Å². The van der Waals surface area contributed by atoms with Crippen LogP contribution in [0.3, 0.4) is 0 Å². The lowest BCUT2D eigenvalue weighted by Gasteiger charge is -2.32. The van der Waals surface area contributed by atoms with Crippen molar-refractivity contribution in [3.05, 3.63) is 155 Å². The van der Waals surface area contributed by atoms with E-state index in [2.05, 4.69) is 72.0 Å². The first kappa shape index (κ1) is 72.2. The number of rotatable bonds is 5. The smallest absolute Gasteiger partial charge is 0.422 e. The van der Waals surface area contributed by atoms with Gasteiger partial charge in [-0.05, 0) is 95.5 Å². The lowest BCUT2D eigenvalue weighted by atomic mass is 9.92. The molecule has 27 nitrogen and oxygen atoms in total. The minimum absolute atomic E-state index is 0.0663. The van der Waals surface area contributed by atoms with Crippen LogP contribution in [0, 0.1) is 17.4 Å². The Hall–Kier alpha value is -11.6. The number of carboxylic acids is 1. The molecule has 7 aromatic rings. The predicted molar refractivity (Wildman–Crippen MR) is 344 cm³/mol. The highest BCUT2D eigenvalue weighted by molar-refractivity contribution is 6.39. The molecule has 0 spiro atoms. The number of hydrogen-bond donors (Lipinski definition) is 8. The van der Waals surface area contributed by atoms with Gasteiger partial charge in [-0.1, -0.05) is 64.1 Å². The molecule has 8 N–H and O–H groups in total. The molecule has 0 saturated carbocycles. The number of alkyl halides is 6. The molecule has 5 amide bonds. The lowest BCUT2D eigenvalue weighted by Crippen LogP contribution is -2.48. The van der Waals surface area contributed by atoms with E-state index >= 15 is 0 Å². The summed E-state index contributed by atoms with van der Waals surface area (Å²) in [5.41, 5.74) is 1.43. The maximum atomic E-state index is 13.5. The van der Waals surface area contributed by atoms with Crippen LogP contribution in [0.15, 0.2) is 122 Å². The number of amides is 5. The Morgan fingerprint density at radius 1 is 0.582 bits per heavy atom. The van der Waals surface area contributed by atoms with E-state index in [1.54, 1.807) is 74.5 Å². The fraction of sp³-hybridized carbons (Fsp3) is 0.338. The van der Waals surface area contributed by atoms with Crippen molar-refractivity contribution in [2.24, 2.45) is 10.8 Å². The van der Waals surface area contributed by atoms with Crippen LogP contribution in [-0.4, -0.2) is 158 Å². The van der Waals surface area contributed by atoms with Gasteiger partial charge in [-0.25, -0.2) is 19.6 Å². The number of ether oxygens (including phenoxy) is 4. The van der Waals surface area contributed by atoms with Crippen molar-refractivity contribution in [3.8, 4) is 23.5 Å². The molecule has 4 aromatic heterocycles. The molecule has 8 aliphatic rings. The summed E-state index contributed by atoms with van der Waals surface area (Å²) in [7, 11) is 0. The number of halogens is 6. The molecule has 0 fully saturated rings. The molecule has 12 heterocycles. The summed E-state index contributed by atoms with van der Waals surface area (Å²) in [6, 6.07) is 28.2. The molecule has 8 aliphatic heterocycles. The van der Waals surface area contributed by atoms with E-state index in [-0.39, 0.29) is 112 Å². The lowest BCUT2D eigenvalue weighted by molar-refractivity contribution is -0.156. The van der Waals surface area contributed by atoms with Crippen LogP contribution in [-0.2, 0) is 32.3 Å². The summed E-state index contributed by atoms with van der Waals surface area (Å²) in [4.78, 5) is 107. The third-order valence-electron chi connectivity index (χ3n) is 14.1. The number of carbonyl (C=O) groups excluding carboxylic acids is 5. The SMILES string of the molecule is CC1(C)CNC(=O)c2ccc(nc2)Nc2cc(nc(OCC(F)(F)F)n2)NCc2ccc(cc2)OCCCN(C(=O)C(=O)O)C1.[C-]#[N+]c1ccc(NC(=O)C(=O)N2CCCOc3ccc(cc3)CNc3cc(nc(OCC(F)(F)F)n3)Nc3ccc(cn3)C(=O)NCC(C)(C)C2)cc1. The highest BCUT2D eigenvalue weighted by Gasteiger charge is 2.33. The first-order chi connectivity index (χ1) is 46.5. The zero-order valence-electron chi connectivity index (χ0n) is 53.3. The van der Waals surface area contributed by atoms with Gasteiger partial charge >= 0.3 is 48.1 Å². The quantitative estimate of drug-likeness (QED) is 0.0452. The average molecular weight is 1360 g/mol. The molecule has 0 saturated heterocycles. The van der Waals surface area contributed by atoms with E-state index in [9.17, 15) is 60.2 Å². The van der Waals surface area contributed by atoms with E-state index in [1.165, 1.54) is 70.7 Å². The molecule has 0 atom stereocenters. The van der Waals surface area contributed by atoms with Gasteiger partial charge in [-0.2, -0.15) is 46.3 Å². The standard InChI is InChI=1S/C36H36F3N9O5.C29H32F3N7O6/c1-35(2)20-43-31(49)24-7-14-28(42-19-24)45-30-17-29(46-34(47-30)53-22-36(37,38)39)41-18-23-5-12-27(13-6-23)52-16-4-15-48(21-35)33(51)32(50)44-26-10-8-25(40-3)9-11-26;1-28(2)15-35-24(40)19-6-9-21(34-14-19)36-23-12-22(37-27(38-23)45-17-29(30,31)32)33-13-18-4-7-20(8-5-18)44-11-3-10-39(16-28)25(41)26(42)43/h5-14,17,19H,4,15-16,18,20-22H2,1-2H3,(H,43,49)(H,44,50)(H2,41,42,45,46,47);4-9,12,14H,3,10-11,13,15-17H2,1-2H3,(H,35,40)(H,42,43)(H2,33,34,36,37,38). The second kappa shape index (κ2) is 32.7. The number of nitrogens with one attached hydrogen (secondary N) is 7. The number of aliphatic carboxylic acids is 1. The first-order valence-electron chi connectivity index (χ1n) is 30.2. The summed E-state index contributed by atoms with van der Waals surface area (Å²) >= 11 is 0. The Morgan fingerprint density at radius 3 is 1.39 bits per heavy atom. The molecule has 3 aromatic carbocycles. The van der Waals surface area contributed by atoms with Crippen LogP contribution in [0.4, 0.5) is 72.6 Å². The van der Waals surface area contributed by atoms with Gasteiger partial charge in [0.1, 0.15) is 46.4 Å². The second-order valence-electron chi connectivity index (χ2n) is 23.7. The van der Waals surface area contributed by atoms with E-state index in [1.807, 2.05) is 13.8 Å². The van der Waals surface area contributed by atoms with Crippen LogP contribution in [0.5, 0.6) is 23.5 Å². The fourth-order valence-corrected chi connectivity index (χ4v) is 9.31. The van der Waals surface area contributed by atoms with Crippen molar-refractivity contribution in [2.75, 3.05) is 92.3 Å². The third kappa shape index (κ3) is 23.4. The Labute approximate surface area is 557 Å². The second-order valence-corrected chi connectivity index (χ2v) is 23.7. The van der Waals surface area contributed by atoms with E-state index in [0.29, 0.717) is 35.7 Å². The molecule has 0 radical (unpaired) electrons. The van der Waals surface area contributed by atoms with Crippen LogP contribution in [0.25, 0.3) is 4.85 Å². The number of carboxylic acid groups (broad SMARTS) is 1. The summed E-state index contributed by atoms with van der Waals surface area (Å²) in [5, 5.41) is 29.4. The summed E-state index contributed by atoms with van der Waals surface area (Å²) in [6.45, 7) is 12.9. The van der Waals surface area contributed by atoms with Crippen molar-refractivity contribution in [3.63, 3.8) is 0 Å². The van der Waals surface area contributed by atoms with Crippen LogP contribution in [0.2, 0.25) is 0 Å². The zero-order chi connectivity index (χ0) is 70.6. The van der Waals surface area contributed by atoms with Crippen molar-refractivity contribution < 1.29 is 79.2 Å². The highest BCUT2D eigenvalue weighted by atomic mass is 19.4. The maximum absolute atomic E-state index is 13.5. The minimum Gasteiger partial charge on any atom is -0.494 e. The molecule has 0 unspecified atom stereocenters. The minimum atomic E-state index is -4.60. The molecule has 12 bridgehead atoms. The number of nitrogens with zero attached hydrogens (tertiary/aromatic N) is 9. The van der Waals surface area contributed by atoms with Gasteiger partial charge < -0.3 is 71.1 Å². The van der Waals surface area contributed by atoms with Crippen LogP contribution >= 0.6 is 0 Å². The van der Waals surface area contributed by atoms with Crippen molar-refractivity contribution in [1.29, 1.82) is 0 Å². The van der Waals surface area contributed by atoms with E-state index < -0.39 is 83.9 Å². The summed E-state index contributed by atoms with van der Waals surface area (Å²) < 4.78 is 98.3. The van der Waals surface area contributed by atoms with Gasteiger partial charge in [-0.3, -0.25) is 24.0 Å². The largest absolute Gasteiger partial charge is 0.494 e. The van der Waals surface area contributed by atoms with Crippen molar-refractivity contribution >= 4 is 81.8 Å². The Morgan fingerprint density at radius 2 is 1.00 bits per heavy atom. The first-order valence-corrected chi connectivity index (χ1v) is 30.2. The number of pyridine rings is 2. The van der Waals surface area contributed by atoms with Crippen LogP contribution < -0.4 is 56.2 Å². The van der Waals surface area contributed by atoms with Gasteiger partial charge in [0.05, 0.1) is 30.9 Å². The number of carbonyl (C=O) groups is 6. The van der Waals surface area contributed by atoms with Crippen molar-refractivity contribution in [1.82, 2.24) is 50.3 Å². The van der Waals surface area contributed by atoms with Crippen LogP contribution in [0.1, 0.15) is 72.4 Å². The number of aromatic nitrogens is 6. The van der Waals surface area contributed by atoms with Gasteiger partial charge in [0.2, 0.25) is 0 Å². The molecular weight excluding hydrogens is 1290 g/mol. The molecule has 0 aliphatic carbocycles. The number of benzene rings is 3. The number of hydrogen-bond acceptors (Lipinski definition) is 20. The molecule has 33 heteroatoms. The molecule has 516 valence electrons. The third-order valence-corrected chi connectivity index (χ3v) is 14.1. The van der Waals surface area contributed by atoms with Gasteiger partial charge in [0, 0.05) is 82.6 Å². The predicted octanol–water partition coefficient (Wildman–Crippen LogP) is 9.35. The highest BCUT2D eigenvalue weighted by Crippen LogP contribution is 2.27. The average Bonchev–Trinajstić information content (AvgIpc) is 0.876. The Kier molecular flexibility index (Phi) is 24.1. The fourth-order valence-electron chi connectivity index (χ4n) is 9.31. The van der Waals surface area contributed by atoms with Gasteiger partial charge in [-0.15, -0.1) is 0 Å². The zero-order valence-corrected chi connectivity index (χ0v) is 53.3. The molecule has 15 rings (SSSR count). The molecular formula is C65H68F6N16O11. The molecule has 98 heavy (non-hydrogen) atoms. The summed E-state index contributed by atoms with van der Waals surface area (Å²) in [6.07, 6.45) is -5.84. The van der Waals surface area contributed by atoms with Crippen molar-refractivity contribution in [2.45, 2.75) is 66.0 Å². The Bertz CT molecular complexity index is 3960. The Balaban J connectivity index is 0.000000253. The topological polar surface area (TPSA) is 332 Å². The maximum Gasteiger partial charge on any atom is 0.422 e. The van der Waals surface area contributed by atoms with Gasteiger partial charge in [0.25, 0.3) is 11.8 Å². The monoisotopic (exact) mass is 1360 g/mol. The number of anilines is 7. The van der Waals surface area contributed by atoms with E-state index in [4.69, 9.17) is 25.5 Å².